The average molecular weight is 182 g/mol. The van der Waals surface area contributed by atoms with Crippen LogP contribution < -0.4 is 5.73 Å². The summed E-state index contributed by atoms with van der Waals surface area (Å²) in [5.41, 5.74) is 6.32. The summed E-state index contributed by atoms with van der Waals surface area (Å²) in [6, 6.07) is 0.497. The molecule has 0 unspecified atom stereocenters. The van der Waals surface area contributed by atoms with Crippen LogP contribution in [0.5, 0.6) is 0 Å². The van der Waals surface area contributed by atoms with Gasteiger partial charge in [-0.2, -0.15) is 0 Å². The molecule has 1 aliphatic heterocycles. The van der Waals surface area contributed by atoms with E-state index in [-0.39, 0.29) is 0 Å². The summed E-state index contributed by atoms with van der Waals surface area (Å²) in [7, 11) is 0. The number of rotatable bonds is 0. The molecule has 0 spiro atoms. The van der Waals surface area contributed by atoms with Crippen LogP contribution in [0.1, 0.15) is 33.6 Å². The Bertz CT molecular complexity index is 181. The lowest BCUT2D eigenvalue weighted by atomic mass is 10.0. The molecule has 0 aromatic rings. The summed E-state index contributed by atoms with van der Waals surface area (Å²) in [5.74, 6) is 1.79. The second kappa shape index (κ2) is 2.96. The molecule has 2 rings (SSSR count). The van der Waals surface area contributed by atoms with E-state index < -0.39 is 0 Å². The minimum absolute atomic E-state index is 0.356. The van der Waals surface area contributed by atoms with Crippen molar-refractivity contribution >= 4 is 0 Å². The van der Waals surface area contributed by atoms with Crippen LogP contribution in [0.15, 0.2) is 0 Å². The molecule has 1 aliphatic carbocycles. The number of nitrogens with zero attached hydrogens (tertiary/aromatic N) is 1. The fraction of sp³-hybridized carbons (Fsp3) is 1.00. The van der Waals surface area contributed by atoms with Crippen molar-refractivity contribution in [3.63, 3.8) is 0 Å². The van der Waals surface area contributed by atoms with Crippen molar-refractivity contribution < 1.29 is 0 Å². The fourth-order valence-corrected chi connectivity index (χ4v) is 2.89. The minimum Gasteiger partial charge on any atom is -0.328 e. The molecule has 2 nitrogen and oxygen atoms in total. The number of hydrogen-bond acceptors (Lipinski definition) is 2. The van der Waals surface area contributed by atoms with Gasteiger partial charge in [0.25, 0.3) is 0 Å². The zero-order valence-electron chi connectivity index (χ0n) is 9.09. The number of hydrogen-bond donors (Lipinski definition) is 1. The van der Waals surface area contributed by atoms with Gasteiger partial charge in [-0.25, -0.2) is 0 Å². The molecule has 2 aliphatic rings. The molecule has 13 heavy (non-hydrogen) atoms. The van der Waals surface area contributed by atoms with E-state index in [1.54, 1.807) is 0 Å². The predicted molar refractivity (Wildman–Crippen MR) is 55.5 cm³/mol. The molecule has 1 saturated heterocycles. The van der Waals surface area contributed by atoms with E-state index in [9.17, 15) is 0 Å². The molecule has 0 aromatic carbocycles. The molecule has 1 heterocycles. The van der Waals surface area contributed by atoms with E-state index in [4.69, 9.17) is 5.73 Å². The van der Waals surface area contributed by atoms with Gasteiger partial charge in [-0.15, -0.1) is 0 Å². The Hall–Kier alpha value is -0.0800. The minimum atomic E-state index is 0.356. The van der Waals surface area contributed by atoms with Crippen molar-refractivity contribution in [2.45, 2.75) is 45.2 Å². The van der Waals surface area contributed by atoms with Crippen LogP contribution in [0.25, 0.3) is 0 Å². The van der Waals surface area contributed by atoms with Gasteiger partial charge < -0.3 is 5.73 Å². The highest BCUT2D eigenvalue weighted by Gasteiger charge is 2.42. The molecular weight excluding hydrogens is 160 g/mol. The van der Waals surface area contributed by atoms with Crippen LogP contribution in [0.3, 0.4) is 0 Å². The van der Waals surface area contributed by atoms with Gasteiger partial charge in [-0.05, 0) is 45.4 Å². The Morgan fingerprint density at radius 1 is 1.08 bits per heavy atom. The highest BCUT2D eigenvalue weighted by molar-refractivity contribution is 4.96. The average Bonchev–Trinajstić information content (AvgIpc) is 2.40. The van der Waals surface area contributed by atoms with Crippen molar-refractivity contribution in [1.29, 1.82) is 0 Å². The normalized spacial score (nSPS) is 41.1. The number of fused-ring (bicyclic) bond motifs is 1. The second-order valence-electron chi connectivity index (χ2n) is 5.83. The predicted octanol–water partition coefficient (Wildman–Crippen LogP) is 1.45. The molecule has 0 bridgehead atoms. The zero-order valence-corrected chi connectivity index (χ0v) is 9.09. The van der Waals surface area contributed by atoms with Crippen molar-refractivity contribution in [3.05, 3.63) is 0 Å². The summed E-state index contributed by atoms with van der Waals surface area (Å²) in [4.78, 5) is 2.62. The number of likely N-dealkylation sites (tertiary alicyclic amines) is 1. The highest BCUT2D eigenvalue weighted by atomic mass is 15.2. The molecule has 2 heteroatoms. The Balaban J connectivity index is 1.98. The van der Waals surface area contributed by atoms with E-state index >= 15 is 0 Å². The molecule has 2 N–H and O–H groups in total. The molecule has 3 atom stereocenters. The van der Waals surface area contributed by atoms with E-state index in [0.717, 1.165) is 11.8 Å². The molecule has 2 fully saturated rings. The summed E-state index contributed by atoms with van der Waals surface area (Å²) in [6.07, 6.45) is 2.52. The Labute approximate surface area is 81.5 Å². The van der Waals surface area contributed by atoms with Crippen molar-refractivity contribution in [2.24, 2.45) is 17.6 Å². The Morgan fingerprint density at radius 3 is 1.92 bits per heavy atom. The Morgan fingerprint density at radius 2 is 1.54 bits per heavy atom. The van der Waals surface area contributed by atoms with Gasteiger partial charge in [0.1, 0.15) is 0 Å². The van der Waals surface area contributed by atoms with Gasteiger partial charge in [0, 0.05) is 24.7 Å². The Kier molecular flexibility index (Phi) is 2.16. The molecule has 1 saturated carbocycles. The first kappa shape index (κ1) is 9.47. The van der Waals surface area contributed by atoms with Crippen LogP contribution in [-0.4, -0.2) is 29.6 Å². The van der Waals surface area contributed by atoms with Crippen molar-refractivity contribution in [1.82, 2.24) is 4.90 Å². The molecule has 0 radical (unpaired) electrons. The van der Waals surface area contributed by atoms with Gasteiger partial charge in [0.15, 0.2) is 0 Å². The molecule has 76 valence electrons. The quantitative estimate of drug-likeness (QED) is 0.614. The standard InChI is InChI=1S/C11H22N2/c1-11(2,3)13-6-8-4-10(12)5-9(8)7-13/h8-10H,4-7,12H2,1-3H3/t8-,9+,10+. The van der Waals surface area contributed by atoms with Gasteiger partial charge in [0.05, 0.1) is 0 Å². The van der Waals surface area contributed by atoms with E-state index in [2.05, 4.69) is 25.7 Å². The van der Waals surface area contributed by atoms with Gasteiger partial charge in [0.2, 0.25) is 0 Å². The van der Waals surface area contributed by atoms with Gasteiger partial charge >= 0.3 is 0 Å². The first-order valence-corrected chi connectivity index (χ1v) is 5.47. The maximum Gasteiger partial charge on any atom is 0.0125 e. The largest absolute Gasteiger partial charge is 0.328 e. The summed E-state index contributed by atoms with van der Waals surface area (Å²) in [6.45, 7) is 9.50. The third-order valence-electron chi connectivity index (χ3n) is 3.74. The monoisotopic (exact) mass is 182 g/mol. The second-order valence-corrected chi connectivity index (χ2v) is 5.83. The summed E-state index contributed by atoms with van der Waals surface area (Å²) in [5, 5.41) is 0. The maximum absolute atomic E-state index is 5.96. The van der Waals surface area contributed by atoms with Crippen LogP contribution >= 0.6 is 0 Å². The third kappa shape index (κ3) is 1.75. The van der Waals surface area contributed by atoms with E-state index in [1.165, 1.54) is 25.9 Å². The molecule has 0 aromatic heterocycles. The lowest BCUT2D eigenvalue weighted by Gasteiger charge is -2.32. The van der Waals surface area contributed by atoms with Crippen LogP contribution in [0, 0.1) is 11.8 Å². The lowest BCUT2D eigenvalue weighted by Crippen LogP contribution is -2.40. The summed E-state index contributed by atoms with van der Waals surface area (Å²) >= 11 is 0. The molecular formula is C11H22N2. The maximum atomic E-state index is 5.96. The zero-order chi connectivity index (χ0) is 9.64. The topological polar surface area (TPSA) is 29.3 Å². The molecule has 0 amide bonds. The van der Waals surface area contributed by atoms with Crippen molar-refractivity contribution in [2.75, 3.05) is 13.1 Å². The smallest absolute Gasteiger partial charge is 0.0125 e. The third-order valence-corrected chi connectivity index (χ3v) is 3.74. The SMILES string of the molecule is CC(C)(C)N1C[C@H]2C[C@H](N)C[C@H]2C1. The van der Waals surface area contributed by atoms with Crippen molar-refractivity contribution in [3.8, 4) is 0 Å². The van der Waals surface area contributed by atoms with E-state index in [1.807, 2.05) is 0 Å². The first-order chi connectivity index (χ1) is 5.97. The van der Waals surface area contributed by atoms with Crippen LogP contribution in [0.4, 0.5) is 0 Å². The number of nitrogens with two attached hydrogens (primary N) is 1. The van der Waals surface area contributed by atoms with Crippen LogP contribution in [-0.2, 0) is 0 Å². The van der Waals surface area contributed by atoms with Crippen LogP contribution in [0.2, 0.25) is 0 Å². The van der Waals surface area contributed by atoms with Gasteiger partial charge in [-0.1, -0.05) is 0 Å². The van der Waals surface area contributed by atoms with E-state index in [0.29, 0.717) is 11.6 Å². The lowest BCUT2D eigenvalue weighted by molar-refractivity contribution is 0.159. The highest BCUT2D eigenvalue weighted by Crippen LogP contribution is 2.39. The fourth-order valence-electron chi connectivity index (χ4n) is 2.89. The first-order valence-electron chi connectivity index (χ1n) is 5.47. The summed E-state index contributed by atoms with van der Waals surface area (Å²) < 4.78 is 0. The van der Waals surface area contributed by atoms with Gasteiger partial charge in [-0.3, -0.25) is 4.90 Å².